The number of fused-ring (bicyclic) bond motifs is 2. The van der Waals surface area contributed by atoms with Gasteiger partial charge in [0, 0.05) is 87.3 Å². The van der Waals surface area contributed by atoms with Crippen LogP contribution >= 0.6 is 34.8 Å². The number of hydrogen-bond donors (Lipinski definition) is 4. The van der Waals surface area contributed by atoms with E-state index in [2.05, 4.69) is 55.6 Å². The van der Waals surface area contributed by atoms with E-state index in [0.29, 0.717) is 74.6 Å². The Kier molecular flexibility index (Phi) is 21.0. The molecule has 4 N–H and O–H groups in total. The van der Waals surface area contributed by atoms with Crippen molar-refractivity contribution in [3.63, 3.8) is 0 Å². The molecule has 77 heavy (non-hydrogen) atoms. The average molecular weight is 1100 g/mol. The molecule has 0 spiro atoms. The zero-order chi connectivity index (χ0) is 55.0. The number of hydrogen-bond acceptors (Lipinski definition) is 12. The summed E-state index contributed by atoms with van der Waals surface area (Å²) in [7, 11) is 3.22. The Morgan fingerprint density at radius 2 is 0.935 bits per heavy atom. The van der Waals surface area contributed by atoms with E-state index in [1.165, 1.54) is 12.4 Å². The van der Waals surface area contributed by atoms with Crippen molar-refractivity contribution < 1.29 is 28.6 Å². The van der Waals surface area contributed by atoms with Crippen LogP contribution in [0.3, 0.4) is 0 Å². The zero-order valence-corrected chi connectivity index (χ0v) is 44.9. The summed E-state index contributed by atoms with van der Waals surface area (Å²) < 4.78 is 14.5. The Hall–Kier alpha value is -8.54. The van der Waals surface area contributed by atoms with Crippen molar-refractivity contribution in [2.45, 2.75) is 66.2 Å². The lowest BCUT2D eigenvalue weighted by Gasteiger charge is -2.16. The number of ether oxygens (including phenoxy) is 3. The van der Waals surface area contributed by atoms with Crippen LogP contribution in [0.4, 0.5) is 27.5 Å². The van der Waals surface area contributed by atoms with Gasteiger partial charge in [-0.1, -0.05) is 54.9 Å². The van der Waals surface area contributed by atoms with Crippen molar-refractivity contribution in [2.24, 2.45) is 0 Å². The Morgan fingerprint density at radius 1 is 0.571 bits per heavy atom. The molecule has 16 nitrogen and oxygen atoms in total. The number of nitrogens with one attached hydrogen (secondary N) is 4. The van der Waals surface area contributed by atoms with Gasteiger partial charge >= 0.3 is 5.43 Å². The molecule has 8 rings (SSSR count). The summed E-state index contributed by atoms with van der Waals surface area (Å²) in [6, 6.07) is 36.9. The molecule has 0 radical (unpaired) electrons. The maximum Gasteiger partial charge on any atom is 0.403 e. The predicted octanol–water partition coefficient (Wildman–Crippen LogP) is 14.3. The topological polar surface area (TPSA) is 187 Å². The lowest BCUT2D eigenvalue weighted by Crippen LogP contribution is -2.24. The number of pyridine rings is 4. The SMILES string of the molecule is C.CCOC(=O)Cl.[C-]#[N+]C(C)(C)c1ccc(Nc2c(C(=O)NCc3ccc(OC)cc3)cnc3ccc(Cl)nc23)cc1.[C-]#[N+]C(C)(C)c1ccc(Nc2c(C(=O)NCc3ccc(OC)cc3)cnc3ccc(Cl)nc23)cc1. The van der Waals surface area contributed by atoms with Gasteiger partial charge in [0.2, 0.25) is 0 Å². The Morgan fingerprint density at radius 3 is 1.23 bits per heavy atom. The van der Waals surface area contributed by atoms with Crippen LogP contribution in [0.15, 0.2) is 134 Å². The van der Waals surface area contributed by atoms with Crippen LogP contribution in [0, 0.1) is 13.1 Å². The van der Waals surface area contributed by atoms with Crippen molar-refractivity contribution in [3.8, 4) is 11.5 Å². The molecule has 4 aromatic heterocycles. The third kappa shape index (κ3) is 16.0. The van der Waals surface area contributed by atoms with Gasteiger partial charge in [-0.15, -0.1) is 0 Å². The van der Waals surface area contributed by atoms with Gasteiger partial charge in [0.25, 0.3) is 22.9 Å². The summed E-state index contributed by atoms with van der Waals surface area (Å²) in [5.74, 6) is 0.897. The average Bonchev–Trinajstić information content (AvgIpc) is 3.43. The molecule has 0 saturated heterocycles. The monoisotopic (exact) mass is 1090 g/mol. The zero-order valence-electron chi connectivity index (χ0n) is 42.6. The quantitative estimate of drug-likeness (QED) is 0.0433. The molecule has 0 aliphatic heterocycles. The summed E-state index contributed by atoms with van der Waals surface area (Å²) in [5, 5.41) is 13.1. The van der Waals surface area contributed by atoms with Crippen molar-refractivity contribution in [1.29, 1.82) is 0 Å². The predicted molar refractivity (Wildman–Crippen MR) is 306 cm³/mol. The minimum Gasteiger partial charge on any atom is -0.497 e. The second kappa shape index (κ2) is 27.3. The van der Waals surface area contributed by atoms with Crippen molar-refractivity contribution in [2.75, 3.05) is 31.5 Å². The summed E-state index contributed by atoms with van der Waals surface area (Å²) >= 11 is 17.1. The highest BCUT2D eigenvalue weighted by atomic mass is 35.5. The van der Waals surface area contributed by atoms with Crippen LogP contribution < -0.4 is 30.7 Å². The molecular formula is C58H57Cl3N10O6. The molecule has 396 valence electrons. The summed E-state index contributed by atoms with van der Waals surface area (Å²) in [5.41, 5.74) is 7.03. The van der Waals surface area contributed by atoms with E-state index in [4.69, 9.17) is 57.4 Å². The minimum absolute atomic E-state index is 0. The van der Waals surface area contributed by atoms with Crippen molar-refractivity contribution >= 4 is 96.9 Å². The highest BCUT2D eigenvalue weighted by molar-refractivity contribution is 6.61. The van der Waals surface area contributed by atoms with Crippen molar-refractivity contribution in [1.82, 2.24) is 30.6 Å². The van der Waals surface area contributed by atoms with E-state index in [-0.39, 0.29) is 19.2 Å². The van der Waals surface area contributed by atoms with E-state index in [9.17, 15) is 14.4 Å². The van der Waals surface area contributed by atoms with Gasteiger partial charge in [-0.3, -0.25) is 19.6 Å². The number of halogens is 3. The first-order chi connectivity index (χ1) is 36.4. The lowest BCUT2D eigenvalue weighted by atomic mass is 9.95. The molecule has 0 unspecified atom stereocenters. The van der Waals surface area contributed by atoms with E-state index < -0.39 is 16.5 Å². The second-order valence-corrected chi connectivity index (χ2v) is 18.7. The third-order valence-electron chi connectivity index (χ3n) is 11.6. The molecule has 2 amide bonds. The fourth-order valence-electron chi connectivity index (χ4n) is 7.18. The molecule has 0 aliphatic rings. The van der Waals surface area contributed by atoms with Gasteiger partial charge in [0.15, 0.2) is 0 Å². The number of benzene rings is 4. The number of amides is 2. The molecule has 0 fully saturated rings. The van der Waals surface area contributed by atoms with Crippen LogP contribution in [0.1, 0.15) is 85.0 Å². The molecule has 4 heterocycles. The van der Waals surface area contributed by atoms with Gasteiger partial charge in [-0.2, -0.15) is 0 Å². The van der Waals surface area contributed by atoms with Gasteiger partial charge in [0.05, 0.1) is 54.4 Å². The summed E-state index contributed by atoms with van der Waals surface area (Å²) in [6.07, 6.45) is 3.06. The number of carbonyl (C=O) groups excluding carboxylic acids is 3. The smallest absolute Gasteiger partial charge is 0.403 e. The maximum atomic E-state index is 13.2. The van der Waals surface area contributed by atoms with Gasteiger partial charge in [-0.05, 0) is 115 Å². The number of nitrogens with zero attached hydrogens (tertiary/aromatic N) is 6. The van der Waals surface area contributed by atoms with Crippen LogP contribution in [-0.2, 0) is 28.9 Å². The molecule has 19 heteroatoms. The molecule has 0 atom stereocenters. The first-order valence-electron chi connectivity index (χ1n) is 23.5. The first-order valence-corrected chi connectivity index (χ1v) is 24.6. The number of methoxy groups -OCH3 is 2. The molecular weight excluding hydrogens is 1040 g/mol. The highest BCUT2D eigenvalue weighted by Crippen LogP contribution is 2.33. The molecule has 0 aliphatic carbocycles. The van der Waals surface area contributed by atoms with Crippen LogP contribution in [-0.4, -0.2) is 58.0 Å². The maximum absolute atomic E-state index is 13.2. The number of carbonyl (C=O) groups is 3. The van der Waals surface area contributed by atoms with Gasteiger partial charge in [0.1, 0.15) is 32.8 Å². The van der Waals surface area contributed by atoms with E-state index in [1.807, 2.05) is 125 Å². The van der Waals surface area contributed by atoms with E-state index >= 15 is 0 Å². The Balaban J connectivity index is 0.000000254. The number of anilines is 4. The van der Waals surface area contributed by atoms with Crippen LogP contribution in [0.5, 0.6) is 11.5 Å². The fourth-order valence-corrected chi connectivity index (χ4v) is 7.58. The normalized spacial score (nSPS) is 10.6. The highest BCUT2D eigenvalue weighted by Gasteiger charge is 2.27. The van der Waals surface area contributed by atoms with Gasteiger partial charge in [-0.25, -0.2) is 27.9 Å². The van der Waals surface area contributed by atoms with E-state index in [0.717, 1.165) is 45.1 Å². The molecule has 4 aromatic carbocycles. The van der Waals surface area contributed by atoms with Gasteiger partial charge < -0.3 is 45.2 Å². The molecule has 0 bridgehead atoms. The number of aromatic nitrogens is 4. The Labute approximate surface area is 463 Å². The fraction of sp³-hybridized carbons (Fsp3) is 0.224. The largest absolute Gasteiger partial charge is 0.497 e. The first kappa shape index (κ1) is 59.3. The second-order valence-electron chi connectivity index (χ2n) is 17.6. The minimum atomic E-state index is -0.738. The summed E-state index contributed by atoms with van der Waals surface area (Å²) in [4.78, 5) is 61.0. The van der Waals surface area contributed by atoms with Crippen molar-refractivity contribution in [3.05, 3.63) is 200 Å². The van der Waals surface area contributed by atoms with E-state index in [1.54, 1.807) is 45.4 Å². The Bertz CT molecular complexity index is 3200. The van der Waals surface area contributed by atoms with Crippen LogP contribution in [0.2, 0.25) is 10.3 Å². The standard InChI is InChI=1S/2C27H24ClN5O2.C3H5ClO2.CH4/c2*1-27(2,29-3)18-7-9-19(10-8-18)32-24-21(16-30-22-13-14-23(28)33-25(22)24)26(34)31-15-17-5-11-20(35-4)12-6-17;1-2-6-3(4)5;/h2*5-14,16H,15H2,1-2,4H3,(H,30,32)(H,31,34);2H2,1H3;1H4. The number of rotatable bonds is 15. The molecule has 0 saturated carbocycles. The lowest BCUT2D eigenvalue weighted by molar-refractivity contribution is 0.0943. The third-order valence-corrected chi connectivity index (χ3v) is 12.1. The van der Waals surface area contributed by atoms with Crippen LogP contribution in [0.25, 0.3) is 31.8 Å². The molecule has 8 aromatic rings. The summed E-state index contributed by atoms with van der Waals surface area (Å²) in [6.45, 7) is 25.0.